The van der Waals surface area contributed by atoms with Crippen molar-refractivity contribution in [3.05, 3.63) is 89.1 Å². The van der Waals surface area contributed by atoms with Crippen molar-refractivity contribution in [2.75, 3.05) is 6.61 Å². The molecule has 3 aromatic carbocycles. The number of carbonyl (C=O) groups excluding carboxylic acids is 1. The summed E-state index contributed by atoms with van der Waals surface area (Å²) in [6, 6.07) is 18.3. The van der Waals surface area contributed by atoms with E-state index in [0.29, 0.717) is 11.3 Å². The predicted octanol–water partition coefficient (Wildman–Crippen LogP) is 7.49. The van der Waals surface area contributed by atoms with Crippen molar-refractivity contribution in [2.45, 2.75) is 49.6 Å². The summed E-state index contributed by atoms with van der Waals surface area (Å²) in [7, 11) is 0. The number of fused-ring (bicyclic) bond motifs is 1. The van der Waals surface area contributed by atoms with E-state index >= 15 is 0 Å². The molecule has 1 aromatic heterocycles. The summed E-state index contributed by atoms with van der Waals surface area (Å²) in [6.45, 7) is 7.03. The molecule has 0 spiro atoms. The number of esters is 1. The minimum absolute atomic E-state index is 0.209. The summed E-state index contributed by atoms with van der Waals surface area (Å²) in [5.74, 6) is 0.0899. The molecular weight excluding hydrogens is 501 g/mol. The number of nitrogens with one attached hydrogen (secondary N) is 1. The van der Waals surface area contributed by atoms with Gasteiger partial charge in [-0.2, -0.15) is 18.3 Å². The number of rotatable bonds is 7. The van der Waals surface area contributed by atoms with E-state index in [9.17, 15) is 18.0 Å². The Morgan fingerprint density at radius 1 is 1.03 bits per heavy atom. The van der Waals surface area contributed by atoms with Crippen LogP contribution in [0, 0.1) is 6.92 Å². The Morgan fingerprint density at radius 2 is 1.73 bits per heavy atom. The van der Waals surface area contributed by atoms with Gasteiger partial charge in [0.2, 0.25) is 0 Å². The first-order valence-electron chi connectivity index (χ1n) is 11.6. The van der Waals surface area contributed by atoms with Crippen LogP contribution in [0.5, 0.6) is 5.75 Å². The third kappa shape index (κ3) is 6.65. The molecule has 0 amide bonds. The molecule has 0 aliphatic rings. The first-order valence-corrected chi connectivity index (χ1v) is 12.5. The van der Waals surface area contributed by atoms with Gasteiger partial charge in [-0.15, -0.1) is 11.8 Å². The van der Waals surface area contributed by atoms with E-state index in [-0.39, 0.29) is 11.9 Å². The van der Waals surface area contributed by atoms with Gasteiger partial charge < -0.3 is 9.47 Å². The molecule has 1 heterocycles. The maximum atomic E-state index is 13.2. The molecule has 194 valence electrons. The molecule has 1 N–H and O–H groups in total. The number of thioether (sulfide) groups is 1. The van der Waals surface area contributed by atoms with Crippen molar-refractivity contribution in [2.24, 2.45) is 0 Å². The number of hydrogen-bond donors (Lipinski definition) is 1. The average molecular weight is 529 g/mol. The number of nitrogens with zero attached hydrogens (tertiary/aromatic N) is 1. The van der Waals surface area contributed by atoms with Crippen LogP contribution in [0.15, 0.2) is 71.6 Å². The Balaban J connectivity index is 1.61. The van der Waals surface area contributed by atoms with Crippen LogP contribution >= 0.6 is 11.8 Å². The van der Waals surface area contributed by atoms with E-state index < -0.39 is 23.3 Å². The van der Waals surface area contributed by atoms with Crippen LogP contribution in [0.3, 0.4) is 0 Å². The second-order valence-corrected chi connectivity index (χ2v) is 10.8. The molecule has 0 bridgehead atoms. The molecule has 0 fully saturated rings. The number of ether oxygens (including phenoxy) is 2. The number of aromatic amines is 1. The number of carbonyl (C=O) groups is 1. The number of hydrogen-bond acceptors (Lipinski definition) is 5. The Bertz CT molecular complexity index is 1390. The number of halogens is 3. The lowest BCUT2D eigenvalue weighted by Crippen LogP contribution is -2.27. The van der Waals surface area contributed by atoms with Crippen LogP contribution in [0.2, 0.25) is 0 Å². The summed E-state index contributed by atoms with van der Waals surface area (Å²) in [5.41, 5.74) is 1.79. The molecule has 0 radical (unpaired) electrons. The zero-order valence-corrected chi connectivity index (χ0v) is 21.7. The molecular formula is C28H27F3N2O3S. The molecule has 5 nitrogen and oxygen atoms in total. The molecule has 4 rings (SSSR count). The van der Waals surface area contributed by atoms with Gasteiger partial charge in [-0.3, -0.25) is 5.10 Å². The van der Waals surface area contributed by atoms with E-state index in [0.717, 1.165) is 39.2 Å². The van der Waals surface area contributed by atoms with Crippen LogP contribution < -0.4 is 4.74 Å². The van der Waals surface area contributed by atoms with Gasteiger partial charge in [0, 0.05) is 10.3 Å². The monoisotopic (exact) mass is 528 g/mol. The number of H-pyrrole nitrogens is 1. The quantitative estimate of drug-likeness (QED) is 0.199. The fourth-order valence-electron chi connectivity index (χ4n) is 3.82. The molecule has 9 heteroatoms. The van der Waals surface area contributed by atoms with Gasteiger partial charge in [0.1, 0.15) is 11.4 Å². The number of aromatic nitrogens is 2. The van der Waals surface area contributed by atoms with Gasteiger partial charge in [-0.25, -0.2) is 4.79 Å². The van der Waals surface area contributed by atoms with Crippen molar-refractivity contribution in [1.82, 2.24) is 10.2 Å². The highest BCUT2D eigenvalue weighted by molar-refractivity contribution is 7.99. The fourth-order valence-corrected chi connectivity index (χ4v) is 5.08. The lowest BCUT2D eigenvalue weighted by atomic mass is 10.0. The van der Waals surface area contributed by atoms with Crippen LogP contribution in [-0.2, 0) is 15.7 Å². The Hall–Kier alpha value is -3.46. The number of aryl methyl sites for hydroxylation is 1. The highest BCUT2D eigenvalue weighted by Gasteiger charge is 2.31. The molecule has 0 aliphatic heterocycles. The zero-order valence-electron chi connectivity index (χ0n) is 20.8. The molecule has 4 aromatic rings. The van der Waals surface area contributed by atoms with Crippen LogP contribution in [0.25, 0.3) is 10.9 Å². The first kappa shape index (κ1) is 26.6. The smallest absolute Gasteiger partial charge is 0.416 e. The van der Waals surface area contributed by atoms with Crippen LogP contribution in [0.4, 0.5) is 13.2 Å². The molecule has 37 heavy (non-hydrogen) atoms. The maximum absolute atomic E-state index is 13.2. The third-order valence-electron chi connectivity index (χ3n) is 5.46. The van der Waals surface area contributed by atoms with Gasteiger partial charge in [0.05, 0.1) is 22.0 Å². The van der Waals surface area contributed by atoms with E-state index in [1.807, 2.05) is 43.3 Å². The number of benzene rings is 3. The SMILES string of the molecule is Cc1cc(SC(c2ccc(C(F)(F)F)cc2)c2[nH]nc3ccccc23)ccc1OCC(=O)OC(C)(C)C. The standard InChI is InChI=1S/C28H27F3N2O3S/c1-17-15-20(13-14-23(17)35-16-24(34)36-27(2,3)4)37-26(18-9-11-19(12-10-18)28(29,30)31)25-21-7-5-6-8-22(21)32-33-25/h5-15,26H,16H2,1-4H3,(H,32,33). The van der Waals surface area contributed by atoms with Crippen molar-refractivity contribution < 1.29 is 27.4 Å². The second-order valence-electron chi connectivity index (χ2n) is 9.57. The van der Waals surface area contributed by atoms with Gasteiger partial charge in [0.15, 0.2) is 6.61 Å². The number of alkyl halides is 3. The Labute approximate surface area is 217 Å². The second kappa shape index (κ2) is 10.5. The Kier molecular flexibility index (Phi) is 7.54. The van der Waals surface area contributed by atoms with Crippen molar-refractivity contribution in [3.8, 4) is 5.75 Å². The highest BCUT2D eigenvalue weighted by Crippen LogP contribution is 2.43. The molecule has 0 saturated heterocycles. The lowest BCUT2D eigenvalue weighted by Gasteiger charge is -2.20. The fraction of sp³-hybridized carbons (Fsp3) is 0.286. The summed E-state index contributed by atoms with van der Waals surface area (Å²) in [4.78, 5) is 12.9. The molecule has 0 saturated carbocycles. The van der Waals surface area contributed by atoms with Gasteiger partial charge in [-0.05, 0) is 75.2 Å². The van der Waals surface area contributed by atoms with Gasteiger partial charge in [-0.1, -0.05) is 30.3 Å². The molecule has 1 atom stereocenters. The lowest BCUT2D eigenvalue weighted by molar-refractivity contribution is -0.157. The normalized spacial score (nSPS) is 12.9. The van der Waals surface area contributed by atoms with E-state index in [2.05, 4.69) is 10.2 Å². The van der Waals surface area contributed by atoms with Crippen LogP contribution in [0.1, 0.15) is 48.4 Å². The summed E-state index contributed by atoms with van der Waals surface area (Å²) in [5, 5.41) is 8.02. The first-order chi connectivity index (χ1) is 17.4. The minimum Gasteiger partial charge on any atom is -0.482 e. The van der Waals surface area contributed by atoms with Crippen molar-refractivity contribution in [3.63, 3.8) is 0 Å². The van der Waals surface area contributed by atoms with Crippen molar-refractivity contribution in [1.29, 1.82) is 0 Å². The average Bonchev–Trinajstić information content (AvgIpc) is 3.24. The Morgan fingerprint density at radius 3 is 2.38 bits per heavy atom. The largest absolute Gasteiger partial charge is 0.482 e. The summed E-state index contributed by atoms with van der Waals surface area (Å²) in [6.07, 6.45) is -4.41. The third-order valence-corrected chi connectivity index (χ3v) is 6.73. The van der Waals surface area contributed by atoms with Crippen molar-refractivity contribution >= 4 is 28.6 Å². The highest BCUT2D eigenvalue weighted by atomic mass is 32.2. The van der Waals surface area contributed by atoms with Gasteiger partial charge >= 0.3 is 12.1 Å². The predicted molar refractivity (Wildman–Crippen MR) is 138 cm³/mol. The minimum atomic E-state index is -4.41. The summed E-state index contributed by atoms with van der Waals surface area (Å²) < 4.78 is 50.4. The van der Waals surface area contributed by atoms with E-state index in [1.54, 1.807) is 26.8 Å². The summed E-state index contributed by atoms with van der Waals surface area (Å²) >= 11 is 1.48. The number of para-hydroxylation sites is 1. The van der Waals surface area contributed by atoms with Crippen LogP contribution in [-0.4, -0.2) is 28.4 Å². The zero-order chi connectivity index (χ0) is 26.8. The topological polar surface area (TPSA) is 64.2 Å². The molecule has 0 aliphatic carbocycles. The maximum Gasteiger partial charge on any atom is 0.416 e. The van der Waals surface area contributed by atoms with E-state index in [4.69, 9.17) is 9.47 Å². The van der Waals surface area contributed by atoms with Gasteiger partial charge in [0.25, 0.3) is 0 Å². The van der Waals surface area contributed by atoms with E-state index in [1.165, 1.54) is 23.9 Å². The molecule has 1 unspecified atom stereocenters.